The Morgan fingerprint density at radius 3 is 1.78 bits per heavy atom. The monoisotopic (exact) mass is 379 g/mol. The van der Waals surface area contributed by atoms with Crippen LogP contribution in [-0.2, 0) is 16.0 Å². The molecular formula is C19H29N3O5. The van der Waals surface area contributed by atoms with E-state index in [9.17, 15) is 9.59 Å². The fourth-order valence-electron chi connectivity index (χ4n) is 1.85. The maximum absolute atomic E-state index is 12.4. The third-order valence-electron chi connectivity index (χ3n) is 2.96. The third kappa shape index (κ3) is 7.98. The number of rotatable bonds is 3. The highest BCUT2D eigenvalue weighted by Crippen LogP contribution is 2.15. The zero-order valence-electron chi connectivity index (χ0n) is 17.0. The zero-order chi connectivity index (χ0) is 20.8. The number of benzene rings is 1. The van der Waals surface area contributed by atoms with Gasteiger partial charge in [-0.05, 0) is 59.2 Å². The van der Waals surface area contributed by atoms with Crippen molar-refractivity contribution >= 4 is 18.1 Å². The molecule has 0 spiro atoms. The van der Waals surface area contributed by atoms with E-state index in [0.29, 0.717) is 10.6 Å². The highest BCUT2D eigenvalue weighted by molar-refractivity contribution is 6.07. The van der Waals surface area contributed by atoms with E-state index >= 15 is 0 Å². The fraction of sp³-hybridized carbons (Fsp3) is 0.526. The van der Waals surface area contributed by atoms with Crippen LogP contribution in [0, 0.1) is 0 Å². The summed E-state index contributed by atoms with van der Waals surface area (Å²) in [5, 5.41) is 0. The molecule has 2 amide bonds. The van der Waals surface area contributed by atoms with E-state index in [1.54, 1.807) is 72.9 Å². The van der Waals surface area contributed by atoms with Crippen LogP contribution in [-0.4, -0.2) is 41.4 Å². The first-order valence-electron chi connectivity index (χ1n) is 8.51. The maximum Gasteiger partial charge on any atom is 0.427 e. The van der Waals surface area contributed by atoms with E-state index in [1.165, 1.54) is 0 Å². The molecule has 0 bridgehead atoms. The molecule has 0 radical (unpaired) electrons. The predicted molar refractivity (Wildman–Crippen MR) is 103 cm³/mol. The number of methoxy groups -OCH3 is 1. The smallest absolute Gasteiger partial charge is 0.427 e. The van der Waals surface area contributed by atoms with Crippen molar-refractivity contribution in [2.75, 3.05) is 7.11 Å². The summed E-state index contributed by atoms with van der Waals surface area (Å²) >= 11 is 0. The number of hydrogen-bond acceptors (Lipinski definition) is 6. The molecule has 8 nitrogen and oxygen atoms in total. The van der Waals surface area contributed by atoms with Crippen LogP contribution in [0.4, 0.5) is 9.59 Å². The second-order valence-electron chi connectivity index (χ2n) is 7.82. The number of hydrogen-bond donors (Lipinski definition) is 1. The quantitative estimate of drug-likeness (QED) is 0.635. The molecule has 0 aromatic heterocycles. The van der Waals surface area contributed by atoms with Gasteiger partial charge in [-0.2, -0.15) is 0 Å². The first-order chi connectivity index (χ1) is 12.3. The lowest BCUT2D eigenvalue weighted by Crippen LogP contribution is -2.50. The zero-order valence-corrected chi connectivity index (χ0v) is 17.0. The van der Waals surface area contributed by atoms with Crippen molar-refractivity contribution in [3.8, 4) is 5.75 Å². The summed E-state index contributed by atoms with van der Waals surface area (Å²) < 4.78 is 15.6. The Bertz CT molecular complexity index is 657. The van der Waals surface area contributed by atoms with Crippen LogP contribution in [0.25, 0.3) is 0 Å². The van der Waals surface area contributed by atoms with Crippen LogP contribution in [0.15, 0.2) is 29.3 Å². The molecule has 0 aliphatic carbocycles. The summed E-state index contributed by atoms with van der Waals surface area (Å²) in [7, 11) is 1.57. The minimum absolute atomic E-state index is 0.165. The molecule has 150 valence electrons. The molecule has 1 aromatic rings. The molecule has 1 rings (SSSR count). The van der Waals surface area contributed by atoms with Gasteiger partial charge in [0.05, 0.1) is 13.7 Å². The van der Waals surface area contributed by atoms with Crippen LogP contribution < -0.4 is 10.5 Å². The van der Waals surface area contributed by atoms with Gasteiger partial charge in [-0.1, -0.05) is 12.1 Å². The van der Waals surface area contributed by atoms with E-state index in [1.807, 2.05) is 0 Å². The summed E-state index contributed by atoms with van der Waals surface area (Å²) in [4.78, 5) is 29.6. The molecule has 0 heterocycles. The van der Waals surface area contributed by atoms with Gasteiger partial charge in [-0.3, -0.25) is 0 Å². The topological polar surface area (TPSA) is 103 Å². The Hall–Kier alpha value is -2.77. The van der Waals surface area contributed by atoms with Gasteiger partial charge in [0.1, 0.15) is 17.0 Å². The molecular weight excluding hydrogens is 350 g/mol. The van der Waals surface area contributed by atoms with Crippen molar-refractivity contribution in [3.05, 3.63) is 29.8 Å². The van der Waals surface area contributed by atoms with Gasteiger partial charge in [-0.15, -0.1) is 4.90 Å². The van der Waals surface area contributed by atoms with Crippen molar-refractivity contribution < 1.29 is 23.8 Å². The van der Waals surface area contributed by atoms with E-state index in [-0.39, 0.29) is 12.5 Å². The molecule has 1 aromatic carbocycles. The summed E-state index contributed by atoms with van der Waals surface area (Å²) in [6.45, 7) is 10.3. The highest BCUT2D eigenvalue weighted by atomic mass is 16.6. The molecule has 0 unspecified atom stereocenters. The molecule has 2 N–H and O–H groups in total. The number of nitrogens with zero attached hydrogens (tertiary/aromatic N) is 2. The first-order valence-corrected chi connectivity index (χ1v) is 8.51. The molecule has 0 fully saturated rings. The van der Waals surface area contributed by atoms with Gasteiger partial charge < -0.3 is 19.9 Å². The molecule has 0 aliphatic heterocycles. The van der Waals surface area contributed by atoms with E-state index in [4.69, 9.17) is 19.9 Å². The second-order valence-corrected chi connectivity index (χ2v) is 7.82. The molecule has 27 heavy (non-hydrogen) atoms. The van der Waals surface area contributed by atoms with E-state index in [0.717, 1.165) is 5.56 Å². The Morgan fingerprint density at radius 1 is 0.963 bits per heavy atom. The first kappa shape index (κ1) is 22.3. The van der Waals surface area contributed by atoms with Crippen molar-refractivity contribution in [2.45, 2.75) is 59.3 Å². The number of carbonyl (C=O) groups excluding carboxylic acids is 2. The summed E-state index contributed by atoms with van der Waals surface area (Å²) in [5.74, 6) is 0.397. The summed E-state index contributed by atoms with van der Waals surface area (Å²) in [6.07, 6.45) is -1.90. The van der Waals surface area contributed by atoms with Gasteiger partial charge in [0.15, 0.2) is 0 Å². The number of aliphatic imine (C=N–C) groups is 1. The SMILES string of the molecule is COc1ccc(CN=C(N)N(C(=O)OC(C)(C)C)C(=O)OC(C)(C)C)cc1. The number of imide groups is 1. The predicted octanol–water partition coefficient (Wildman–Crippen LogP) is 3.68. The number of carbonyl (C=O) groups is 2. The van der Waals surface area contributed by atoms with Gasteiger partial charge in [0, 0.05) is 0 Å². The highest BCUT2D eigenvalue weighted by Gasteiger charge is 2.33. The Balaban J connectivity index is 3.03. The molecule has 0 saturated carbocycles. The average Bonchev–Trinajstić information content (AvgIpc) is 2.50. The average molecular weight is 379 g/mol. The summed E-state index contributed by atoms with van der Waals surface area (Å²) in [5.41, 5.74) is 5.11. The van der Waals surface area contributed by atoms with Gasteiger partial charge >= 0.3 is 12.2 Å². The van der Waals surface area contributed by atoms with Gasteiger partial charge in [-0.25, -0.2) is 14.6 Å². The lowest BCUT2D eigenvalue weighted by molar-refractivity contribution is 0.0145. The molecule has 0 saturated heterocycles. The minimum atomic E-state index is -0.951. The normalized spacial score (nSPS) is 12.3. The van der Waals surface area contributed by atoms with Crippen LogP contribution in [0.5, 0.6) is 5.75 Å². The maximum atomic E-state index is 12.4. The molecule has 0 aliphatic rings. The van der Waals surface area contributed by atoms with Crippen LogP contribution in [0.2, 0.25) is 0 Å². The molecule has 8 heteroatoms. The fourth-order valence-corrected chi connectivity index (χ4v) is 1.85. The number of amides is 2. The second kappa shape index (κ2) is 8.75. The van der Waals surface area contributed by atoms with Crippen LogP contribution in [0.1, 0.15) is 47.1 Å². The van der Waals surface area contributed by atoms with E-state index < -0.39 is 23.4 Å². The number of nitrogens with two attached hydrogens (primary N) is 1. The van der Waals surface area contributed by atoms with Crippen molar-refractivity contribution in [3.63, 3.8) is 0 Å². The van der Waals surface area contributed by atoms with Crippen LogP contribution >= 0.6 is 0 Å². The number of ether oxygens (including phenoxy) is 3. The lowest BCUT2D eigenvalue weighted by Gasteiger charge is -2.27. The Kier molecular flexibility index (Phi) is 7.21. The van der Waals surface area contributed by atoms with Crippen molar-refractivity contribution in [1.29, 1.82) is 0 Å². The van der Waals surface area contributed by atoms with E-state index in [2.05, 4.69) is 4.99 Å². The molecule has 0 atom stereocenters. The van der Waals surface area contributed by atoms with Crippen LogP contribution in [0.3, 0.4) is 0 Å². The summed E-state index contributed by atoms with van der Waals surface area (Å²) in [6, 6.07) is 7.17. The van der Waals surface area contributed by atoms with Crippen molar-refractivity contribution in [2.24, 2.45) is 10.7 Å². The lowest BCUT2D eigenvalue weighted by atomic mass is 10.2. The standard InChI is InChI=1S/C19H29N3O5/c1-18(2,3)26-16(23)22(17(24)27-19(4,5)6)15(20)21-12-13-8-10-14(25-7)11-9-13/h8-11H,12H2,1-7H3,(H2,20,21). The van der Waals surface area contributed by atoms with Gasteiger partial charge in [0.2, 0.25) is 5.96 Å². The van der Waals surface area contributed by atoms with Gasteiger partial charge in [0.25, 0.3) is 0 Å². The largest absolute Gasteiger partial charge is 0.497 e. The Morgan fingerprint density at radius 2 is 1.41 bits per heavy atom. The minimum Gasteiger partial charge on any atom is -0.497 e. The van der Waals surface area contributed by atoms with Crippen molar-refractivity contribution in [1.82, 2.24) is 4.90 Å². The Labute approximate surface area is 160 Å². The number of guanidine groups is 1. The third-order valence-corrected chi connectivity index (χ3v) is 2.96.